The number of primary sulfonamides is 1. The maximum atomic E-state index is 12.4. The molecule has 6 nitrogen and oxygen atoms in total. The molecule has 0 unspecified atom stereocenters. The number of hydrogen-bond acceptors (Lipinski definition) is 4. The number of sulfonamides is 1. The largest absolute Gasteiger partial charge is 0.462 e. The van der Waals surface area contributed by atoms with Crippen LogP contribution in [0.2, 0.25) is 5.02 Å². The number of esters is 1. The first-order valence-corrected chi connectivity index (χ1v) is 10.4. The molecule has 0 bridgehead atoms. The molecular formula is C20H19ClN2O4S. The summed E-state index contributed by atoms with van der Waals surface area (Å²) < 4.78 is 30.1. The number of aromatic nitrogens is 1. The lowest BCUT2D eigenvalue weighted by Gasteiger charge is -2.13. The Kier molecular flexibility index (Phi) is 5.60. The molecule has 8 heteroatoms. The Hall–Kier alpha value is -2.61. The van der Waals surface area contributed by atoms with Crippen LogP contribution in [0.25, 0.3) is 16.9 Å². The minimum Gasteiger partial charge on any atom is -0.462 e. The average Bonchev–Trinajstić information content (AvgIpc) is 2.99. The highest BCUT2D eigenvalue weighted by atomic mass is 35.5. The summed E-state index contributed by atoms with van der Waals surface area (Å²) in [6.07, 6.45) is 0. The van der Waals surface area contributed by atoms with Gasteiger partial charge < -0.3 is 9.30 Å². The van der Waals surface area contributed by atoms with Gasteiger partial charge in [-0.1, -0.05) is 29.8 Å². The fraction of sp³-hybridized carbons (Fsp3) is 0.150. The molecular weight excluding hydrogens is 400 g/mol. The van der Waals surface area contributed by atoms with Crippen molar-refractivity contribution in [2.75, 3.05) is 6.61 Å². The Balaban J connectivity index is 2.24. The Morgan fingerprint density at radius 2 is 1.79 bits per heavy atom. The lowest BCUT2D eigenvalue weighted by molar-refractivity contribution is 0.0525. The number of nitrogens with two attached hydrogens (primary N) is 1. The number of carbonyl (C=O) groups excluding carboxylic acids is 1. The van der Waals surface area contributed by atoms with Gasteiger partial charge in [0.05, 0.1) is 22.8 Å². The van der Waals surface area contributed by atoms with Gasteiger partial charge in [0.15, 0.2) is 0 Å². The molecule has 1 heterocycles. The maximum absolute atomic E-state index is 12.4. The van der Waals surface area contributed by atoms with Gasteiger partial charge in [-0.3, -0.25) is 0 Å². The third-order valence-electron chi connectivity index (χ3n) is 4.32. The van der Waals surface area contributed by atoms with Crippen LogP contribution < -0.4 is 5.14 Å². The number of halogens is 1. The fourth-order valence-corrected chi connectivity index (χ4v) is 3.76. The first-order chi connectivity index (χ1) is 13.2. The molecule has 28 heavy (non-hydrogen) atoms. The van der Waals surface area contributed by atoms with Crippen molar-refractivity contribution in [2.45, 2.75) is 18.7 Å². The summed E-state index contributed by atoms with van der Waals surface area (Å²) in [6, 6.07) is 15.1. The number of carbonyl (C=O) groups is 1. The number of nitrogens with zero attached hydrogens (tertiary/aromatic N) is 1. The predicted octanol–water partition coefficient (Wildman–Crippen LogP) is 3.93. The van der Waals surface area contributed by atoms with Crippen LogP contribution in [0.5, 0.6) is 0 Å². The molecule has 0 radical (unpaired) electrons. The van der Waals surface area contributed by atoms with Crippen molar-refractivity contribution in [1.29, 1.82) is 0 Å². The van der Waals surface area contributed by atoms with E-state index in [0.29, 0.717) is 27.7 Å². The van der Waals surface area contributed by atoms with Crippen molar-refractivity contribution in [3.05, 3.63) is 70.9 Å². The summed E-state index contributed by atoms with van der Waals surface area (Å²) >= 11 is 6.38. The van der Waals surface area contributed by atoms with E-state index in [1.54, 1.807) is 38.1 Å². The van der Waals surface area contributed by atoms with Crippen molar-refractivity contribution >= 4 is 27.6 Å². The van der Waals surface area contributed by atoms with Crippen LogP contribution in [-0.2, 0) is 14.8 Å². The van der Waals surface area contributed by atoms with E-state index in [1.165, 1.54) is 12.1 Å². The van der Waals surface area contributed by atoms with E-state index >= 15 is 0 Å². The van der Waals surface area contributed by atoms with Crippen molar-refractivity contribution in [2.24, 2.45) is 5.14 Å². The second-order valence-electron chi connectivity index (χ2n) is 6.10. The first-order valence-electron chi connectivity index (χ1n) is 8.51. The van der Waals surface area contributed by atoms with Crippen LogP contribution in [0.3, 0.4) is 0 Å². The Morgan fingerprint density at radius 1 is 1.14 bits per heavy atom. The van der Waals surface area contributed by atoms with Gasteiger partial charge in [0.1, 0.15) is 0 Å². The molecule has 0 spiro atoms. The highest BCUT2D eigenvalue weighted by Gasteiger charge is 2.22. The van der Waals surface area contributed by atoms with Crippen molar-refractivity contribution in [3.63, 3.8) is 0 Å². The van der Waals surface area contributed by atoms with Gasteiger partial charge in [-0.15, -0.1) is 0 Å². The molecule has 0 amide bonds. The van der Waals surface area contributed by atoms with Crippen molar-refractivity contribution in [3.8, 4) is 16.9 Å². The number of hydrogen-bond donors (Lipinski definition) is 1. The molecule has 0 aliphatic heterocycles. The molecule has 3 rings (SSSR count). The van der Waals surface area contributed by atoms with Gasteiger partial charge in [0, 0.05) is 22.0 Å². The van der Waals surface area contributed by atoms with Gasteiger partial charge in [-0.05, 0) is 50.2 Å². The van der Waals surface area contributed by atoms with Gasteiger partial charge >= 0.3 is 5.97 Å². The van der Waals surface area contributed by atoms with Crippen LogP contribution in [0.1, 0.15) is 23.0 Å². The lowest BCUT2D eigenvalue weighted by atomic mass is 10.1. The molecule has 3 aromatic rings. The van der Waals surface area contributed by atoms with E-state index in [4.69, 9.17) is 21.5 Å². The average molecular weight is 419 g/mol. The van der Waals surface area contributed by atoms with Gasteiger partial charge in [0.2, 0.25) is 10.0 Å². The number of benzene rings is 2. The highest BCUT2D eigenvalue weighted by molar-refractivity contribution is 7.89. The molecule has 0 atom stereocenters. The molecule has 0 saturated heterocycles. The summed E-state index contributed by atoms with van der Waals surface area (Å²) in [5, 5.41) is 5.71. The zero-order valence-corrected chi connectivity index (χ0v) is 16.9. The van der Waals surface area contributed by atoms with E-state index in [9.17, 15) is 13.2 Å². The molecule has 0 saturated carbocycles. The van der Waals surface area contributed by atoms with Crippen molar-refractivity contribution < 1.29 is 17.9 Å². The summed E-state index contributed by atoms with van der Waals surface area (Å²) in [5.74, 6) is -0.437. The Bertz CT molecular complexity index is 1140. The van der Waals surface area contributed by atoms with Crippen LogP contribution in [-0.4, -0.2) is 25.6 Å². The van der Waals surface area contributed by atoms with E-state index in [-0.39, 0.29) is 11.5 Å². The smallest absolute Gasteiger partial charge is 0.339 e. The monoisotopic (exact) mass is 418 g/mol. The van der Waals surface area contributed by atoms with Crippen LogP contribution in [0.15, 0.2) is 59.5 Å². The molecule has 0 aliphatic carbocycles. The SMILES string of the molecule is CCOC(=O)c1cc(-c2ccccc2Cl)n(-c2ccc(S(N)(=O)=O)cc2)c1C. The summed E-state index contributed by atoms with van der Waals surface area (Å²) in [4.78, 5) is 12.4. The fourth-order valence-electron chi connectivity index (χ4n) is 3.01. The van der Waals surface area contributed by atoms with Crippen LogP contribution in [0.4, 0.5) is 0 Å². The van der Waals surface area contributed by atoms with Gasteiger partial charge in [-0.2, -0.15) is 0 Å². The zero-order valence-electron chi connectivity index (χ0n) is 15.3. The van der Waals surface area contributed by atoms with Crippen LogP contribution in [0, 0.1) is 6.92 Å². The predicted molar refractivity (Wildman–Crippen MR) is 108 cm³/mol. The number of rotatable bonds is 5. The quantitative estimate of drug-likeness (QED) is 0.635. The van der Waals surface area contributed by atoms with Crippen LogP contribution >= 0.6 is 11.6 Å². The third-order valence-corrected chi connectivity index (χ3v) is 5.57. The zero-order chi connectivity index (χ0) is 20.5. The second kappa shape index (κ2) is 7.79. The molecule has 1 aromatic heterocycles. The van der Waals surface area contributed by atoms with E-state index < -0.39 is 16.0 Å². The van der Waals surface area contributed by atoms with E-state index in [2.05, 4.69) is 0 Å². The normalized spacial score (nSPS) is 11.4. The number of ether oxygens (including phenoxy) is 1. The first kappa shape index (κ1) is 20.1. The molecule has 2 aromatic carbocycles. The minimum atomic E-state index is -3.80. The highest BCUT2D eigenvalue weighted by Crippen LogP contribution is 2.34. The standard InChI is InChI=1S/C20H19ClN2O4S/c1-3-27-20(24)17-12-19(16-6-4-5-7-18(16)21)23(13(17)2)14-8-10-15(11-9-14)28(22,25)26/h4-12H,3H2,1-2H3,(H2,22,25,26). The molecule has 0 fully saturated rings. The Labute approximate surface area is 168 Å². The summed E-state index contributed by atoms with van der Waals surface area (Å²) in [6.45, 7) is 3.79. The lowest BCUT2D eigenvalue weighted by Crippen LogP contribution is -2.12. The summed E-state index contributed by atoms with van der Waals surface area (Å²) in [7, 11) is -3.80. The molecule has 2 N–H and O–H groups in total. The topological polar surface area (TPSA) is 91.4 Å². The van der Waals surface area contributed by atoms with E-state index in [1.807, 2.05) is 22.8 Å². The Morgan fingerprint density at radius 3 is 2.36 bits per heavy atom. The summed E-state index contributed by atoms with van der Waals surface area (Å²) in [5.41, 5.74) is 3.15. The molecule has 0 aliphatic rings. The molecule has 146 valence electrons. The van der Waals surface area contributed by atoms with Crippen molar-refractivity contribution in [1.82, 2.24) is 4.57 Å². The third kappa shape index (κ3) is 3.82. The van der Waals surface area contributed by atoms with Gasteiger partial charge in [-0.25, -0.2) is 18.4 Å². The van der Waals surface area contributed by atoms with E-state index in [0.717, 1.165) is 5.56 Å². The minimum absolute atomic E-state index is 0.00553. The van der Waals surface area contributed by atoms with Gasteiger partial charge in [0.25, 0.3) is 0 Å². The second-order valence-corrected chi connectivity index (χ2v) is 8.07. The maximum Gasteiger partial charge on any atom is 0.339 e.